The number of piperidine rings is 1. The van der Waals surface area contributed by atoms with Crippen LogP contribution >= 0.6 is 23.2 Å². The molecule has 0 saturated carbocycles. The molecule has 1 fully saturated rings. The molecule has 4 heterocycles. The minimum atomic E-state index is -1.02. The molecule has 0 radical (unpaired) electrons. The van der Waals surface area contributed by atoms with Crippen molar-refractivity contribution in [2.45, 2.75) is 18.9 Å². The van der Waals surface area contributed by atoms with E-state index in [1.807, 2.05) is 0 Å². The molecule has 3 aromatic heterocycles. The average Bonchev–Trinajstić information content (AvgIpc) is 3.38. The van der Waals surface area contributed by atoms with Crippen molar-refractivity contribution in [3.8, 4) is 0 Å². The first-order chi connectivity index (χ1) is 15.8. The third-order valence-corrected chi connectivity index (χ3v) is 6.02. The summed E-state index contributed by atoms with van der Waals surface area (Å²) >= 11 is 12.4. The molecule has 13 heteroatoms. The van der Waals surface area contributed by atoms with Crippen LogP contribution in [0.15, 0.2) is 28.8 Å². The van der Waals surface area contributed by atoms with E-state index in [0.29, 0.717) is 41.0 Å². The first-order valence-corrected chi connectivity index (χ1v) is 10.7. The van der Waals surface area contributed by atoms with Crippen LogP contribution in [0.3, 0.4) is 0 Å². The molecule has 0 spiro atoms. The fourth-order valence-electron chi connectivity index (χ4n) is 4.02. The average molecular weight is 490 g/mol. The maximum absolute atomic E-state index is 13.2. The Kier molecular flexibility index (Phi) is 5.22. The van der Waals surface area contributed by atoms with Crippen LogP contribution in [0.25, 0.3) is 22.0 Å². The van der Waals surface area contributed by atoms with Crippen LogP contribution < -0.4 is 11.1 Å². The Morgan fingerprint density at radius 1 is 1.30 bits per heavy atom. The highest BCUT2D eigenvalue weighted by Gasteiger charge is 2.30. The summed E-state index contributed by atoms with van der Waals surface area (Å²) in [5, 5.41) is 17.5. The number of nitrogens with zero attached hydrogens (tertiary/aromatic N) is 5. The molecule has 1 aliphatic heterocycles. The Balaban J connectivity index is 1.55. The molecule has 1 unspecified atom stereocenters. The molecule has 4 aromatic rings. The highest BCUT2D eigenvalue weighted by molar-refractivity contribution is 6.36. The number of rotatable bonds is 3. The second kappa shape index (κ2) is 8.09. The number of pyridine rings is 1. The SMILES string of the molecule is Nc1ncc(Cl)c2c1c(C(=O)Nc1nc3cc(Cl)ccc3o1)nn2C1CCCN(C(=O)O)C1. The van der Waals surface area contributed by atoms with Crippen molar-refractivity contribution in [2.75, 3.05) is 24.1 Å². The first kappa shape index (κ1) is 21.3. The number of nitrogens with one attached hydrogen (secondary N) is 1. The monoisotopic (exact) mass is 489 g/mol. The van der Waals surface area contributed by atoms with Crippen molar-refractivity contribution < 1.29 is 19.1 Å². The molecular weight excluding hydrogens is 473 g/mol. The van der Waals surface area contributed by atoms with E-state index in [1.54, 1.807) is 22.9 Å². The molecule has 1 atom stereocenters. The molecule has 1 aromatic carbocycles. The molecular formula is C20H17Cl2N7O4. The molecule has 0 bridgehead atoms. The van der Waals surface area contributed by atoms with E-state index in [9.17, 15) is 14.7 Å². The summed E-state index contributed by atoms with van der Waals surface area (Å²) < 4.78 is 7.12. The van der Waals surface area contributed by atoms with Crippen LogP contribution in [0.1, 0.15) is 29.4 Å². The van der Waals surface area contributed by atoms with Gasteiger partial charge in [-0.25, -0.2) is 9.78 Å². The van der Waals surface area contributed by atoms with Gasteiger partial charge in [-0.2, -0.15) is 10.1 Å². The first-order valence-electron chi connectivity index (χ1n) is 9.99. The van der Waals surface area contributed by atoms with Gasteiger partial charge < -0.3 is 20.2 Å². The summed E-state index contributed by atoms with van der Waals surface area (Å²) in [4.78, 5) is 34.2. The van der Waals surface area contributed by atoms with Crippen molar-refractivity contribution >= 4 is 69.0 Å². The van der Waals surface area contributed by atoms with E-state index in [-0.39, 0.29) is 40.5 Å². The Morgan fingerprint density at radius 2 is 2.12 bits per heavy atom. The van der Waals surface area contributed by atoms with Crippen LogP contribution in [0.5, 0.6) is 0 Å². The molecule has 2 amide bonds. The third kappa shape index (κ3) is 3.79. The maximum atomic E-state index is 13.2. The number of carbonyl (C=O) groups excluding carboxylic acids is 1. The molecule has 170 valence electrons. The second-order valence-electron chi connectivity index (χ2n) is 7.62. The molecule has 1 aliphatic rings. The van der Waals surface area contributed by atoms with Gasteiger partial charge in [-0.3, -0.25) is 14.8 Å². The number of nitrogen functional groups attached to an aromatic ring is 1. The van der Waals surface area contributed by atoms with Crippen molar-refractivity contribution in [1.82, 2.24) is 24.6 Å². The lowest BCUT2D eigenvalue weighted by atomic mass is 10.1. The predicted octanol–water partition coefficient (Wildman–Crippen LogP) is 4.03. The standard InChI is InChI=1S/C20H17Cl2N7O4/c21-9-3-4-13-12(6-9)25-19(33-13)26-18(30)15-14-16(11(22)7-24-17(14)23)29(27-15)10-2-1-5-28(8-10)20(31)32/h3-4,6-7,10H,1-2,5,8H2,(H2,23,24)(H,31,32)(H,25,26,30). The zero-order valence-corrected chi connectivity index (χ0v) is 18.5. The van der Waals surface area contributed by atoms with Gasteiger partial charge in [-0.05, 0) is 31.0 Å². The van der Waals surface area contributed by atoms with Gasteiger partial charge in [0.25, 0.3) is 5.91 Å². The Morgan fingerprint density at radius 3 is 2.91 bits per heavy atom. The van der Waals surface area contributed by atoms with Gasteiger partial charge in [-0.1, -0.05) is 23.2 Å². The van der Waals surface area contributed by atoms with Crippen LogP contribution in [0.2, 0.25) is 10.0 Å². The Hall–Kier alpha value is -3.57. The Bertz CT molecular complexity index is 1420. The highest BCUT2D eigenvalue weighted by atomic mass is 35.5. The Labute approximate surface area is 196 Å². The largest absolute Gasteiger partial charge is 0.465 e. The third-order valence-electron chi connectivity index (χ3n) is 5.51. The summed E-state index contributed by atoms with van der Waals surface area (Å²) in [6, 6.07) is 4.53. The van der Waals surface area contributed by atoms with E-state index in [2.05, 4.69) is 20.4 Å². The lowest BCUT2D eigenvalue weighted by molar-refractivity contribution is 0.101. The van der Waals surface area contributed by atoms with Crippen LogP contribution in [-0.4, -0.2) is 54.8 Å². The van der Waals surface area contributed by atoms with Crippen LogP contribution in [-0.2, 0) is 0 Å². The van der Waals surface area contributed by atoms with Crippen LogP contribution in [0, 0.1) is 0 Å². The summed E-state index contributed by atoms with van der Waals surface area (Å²) in [6.45, 7) is 0.634. The fourth-order valence-corrected chi connectivity index (χ4v) is 4.42. The normalized spacial score (nSPS) is 16.4. The van der Waals surface area contributed by atoms with Gasteiger partial charge in [-0.15, -0.1) is 0 Å². The molecule has 0 aliphatic carbocycles. The number of aromatic nitrogens is 4. The molecule has 5 rings (SSSR count). The number of hydrogen-bond acceptors (Lipinski definition) is 7. The lowest BCUT2D eigenvalue weighted by Gasteiger charge is -2.31. The number of nitrogens with two attached hydrogens (primary N) is 1. The summed E-state index contributed by atoms with van der Waals surface area (Å²) in [6.07, 6.45) is 1.66. The zero-order valence-electron chi connectivity index (χ0n) is 17.0. The minimum absolute atomic E-state index is 0.0229. The molecule has 33 heavy (non-hydrogen) atoms. The summed E-state index contributed by atoms with van der Waals surface area (Å²) in [5.41, 5.74) is 7.41. The van der Waals surface area contributed by atoms with E-state index < -0.39 is 12.0 Å². The van der Waals surface area contributed by atoms with Crippen LogP contribution in [0.4, 0.5) is 16.6 Å². The number of benzene rings is 1. The van der Waals surface area contributed by atoms with E-state index >= 15 is 0 Å². The van der Waals surface area contributed by atoms with Crippen molar-refractivity contribution in [2.24, 2.45) is 0 Å². The number of carboxylic acid groups (broad SMARTS) is 1. The number of hydrogen-bond donors (Lipinski definition) is 3. The van der Waals surface area contributed by atoms with Gasteiger partial charge in [0.2, 0.25) is 0 Å². The van der Waals surface area contributed by atoms with E-state index in [4.69, 9.17) is 33.4 Å². The van der Waals surface area contributed by atoms with Gasteiger partial charge in [0.15, 0.2) is 11.3 Å². The van der Waals surface area contributed by atoms with Gasteiger partial charge >= 0.3 is 12.1 Å². The number of fused-ring (bicyclic) bond motifs is 2. The minimum Gasteiger partial charge on any atom is -0.465 e. The number of carbonyl (C=O) groups is 2. The number of amides is 2. The number of oxazole rings is 1. The highest BCUT2D eigenvalue weighted by Crippen LogP contribution is 2.34. The van der Waals surface area contributed by atoms with Gasteiger partial charge in [0.05, 0.1) is 28.2 Å². The quantitative estimate of drug-likeness (QED) is 0.389. The van der Waals surface area contributed by atoms with E-state index in [0.717, 1.165) is 0 Å². The number of anilines is 2. The molecule has 11 nitrogen and oxygen atoms in total. The van der Waals surface area contributed by atoms with Crippen molar-refractivity contribution in [3.63, 3.8) is 0 Å². The number of likely N-dealkylation sites (tertiary alicyclic amines) is 1. The summed E-state index contributed by atoms with van der Waals surface area (Å²) in [7, 11) is 0. The van der Waals surface area contributed by atoms with Crippen molar-refractivity contribution in [1.29, 1.82) is 0 Å². The van der Waals surface area contributed by atoms with Gasteiger partial charge in [0, 0.05) is 18.1 Å². The smallest absolute Gasteiger partial charge is 0.407 e. The molecule has 1 saturated heterocycles. The fraction of sp³-hybridized carbons (Fsp3) is 0.250. The molecule has 4 N–H and O–H groups in total. The zero-order chi connectivity index (χ0) is 23.3. The topological polar surface area (TPSA) is 152 Å². The summed E-state index contributed by atoms with van der Waals surface area (Å²) in [5.74, 6) is -0.556. The second-order valence-corrected chi connectivity index (χ2v) is 8.46. The predicted molar refractivity (Wildman–Crippen MR) is 122 cm³/mol. The lowest BCUT2D eigenvalue weighted by Crippen LogP contribution is -2.40. The van der Waals surface area contributed by atoms with E-state index in [1.165, 1.54) is 11.1 Å². The number of halogens is 2. The van der Waals surface area contributed by atoms with Gasteiger partial charge in [0.1, 0.15) is 11.3 Å². The van der Waals surface area contributed by atoms with Crippen molar-refractivity contribution in [3.05, 3.63) is 40.1 Å². The maximum Gasteiger partial charge on any atom is 0.407 e.